The van der Waals surface area contributed by atoms with Gasteiger partial charge in [-0.1, -0.05) is 34.5 Å². The minimum absolute atomic E-state index is 0.204. The number of hydrogen-bond donors (Lipinski definition) is 1. The van der Waals surface area contributed by atoms with Crippen molar-refractivity contribution in [2.75, 3.05) is 23.3 Å². The van der Waals surface area contributed by atoms with E-state index in [1.807, 2.05) is 12.1 Å². The van der Waals surface area contributed by atoms with E-state index in [1.165, 1.54) is 12.1 Å². The molecule has 0 radical (unpaired) electrons. The molecule has 0 aromatic heterocycles. The van der Waals surface area contributed by atoms with E-state index in [0.29, 0.717) is 10.6 Å². The molecule has 120 valence electrons. The van der Waals surface area contributed by atoms with E-state index >= 15 is 0 Å². The molecule has 0 saturated carbocycles. The molecule has 2 aromatic rings. The molecular weight excluding hydrogens is 376 g/mol. The fourth-order valence-electron chi connectivity index (χ4n) is 2.80. The standard InChI is InChI=1S/C18H18BrClN2O/c1-12-8-9-22(11-12)15-5-3-14(4-6-15)21-18(23)16-7-2-13(19)10-17(16)20/h2-7,10,12H,8-9,11H2,1H3,(H,21,23). The van der Waals surface area contributed by atoms with Gasteiger partial charge in [0.15, 0.2) is 0 Å². The van der Waals surface area contributed by atoms with E-state index < -0.39 is 0 Å². The lowest BCUT2D eigenvalue weighted by atomic mass is 10.2. The molecule has 0 spiro atoms. The van der Waals surface area contributed by atoms with Crippen LogP contribution in [0, 0.1) is 5.92 Å². The maximum absolute atomic E-state index is 12.3. The van der Waals surface area contributed by atoms with Gasteiger partial charge in [0.05, 0.1) is 10.6 Å². The SMILES string of the molecule is CC1CCN(c2ccc(NC(=O)c3ccc(Br)cc3Cl)cc2)C1. The van der Waals surface area contributed by atoms with Gasteiger partial charge in [0.2, 0.25) is 0 Å². The van der Waals surface area contributed by atoms with Crippen LogP contribution >= 0.6 is 27.5 Å². The number of nitrogens with zero attached hydrogens (tertiary/aromatic N) is 1. The maximum atomic E-state index is 12.3. The second-order valence-electron chi connectivity index (χ2n) is 5.97. The van der Waals surface area contributed by atoms with Gasteiger partial charge < -0.3 is 10.2 Å². The summed E-state index contributed by atoms with van der Waals surface area (Å²) in [5.41, 5.74) is 2.44. The second kappa shape index (κ2) is 6.93. The zero-order valence-electron chi connectivity index (χ0n) is 12.9. The summed E-state index contributed by atoms with van der Waals surface area (Å²) in [6, 6.07) is 13.2. The van der Waals surface area contributed by atoms with Crippen LogP contribution in [0.4, 0.5) is 11.4 Å². The van der Waals surface area contributed by atoms with Crippen LogP contribution in [0.1, 0.15) is 23.7 Å². The van der Waals surface area contributed by atoms with Crippen molar-refractivity contribution in [1.82, 2.24) is 0 Å². The molecule has 0 bridgehead atoms. The Labute approximate surface area is 149 Å². The number of amides is 1. The number of anilines is 2. The molecule has 3 nitrogen and oxygen atoms in total. The monoisotopic (exact) mass is 392 g/mol. The summed E-state index contributed by atoms with van der Waals surface area (Å²) in [7, 11) is 0. The molecule has 23 heavy (non-hydrogen) atoms. The third kappa shape index (κ3) is 3.88. The lowest BCUT2D eigenvalue weighted by Gasteiger charge is -2.18. The van der Waals surface area contributed by atoms with Crippen LogP contribution in [0.5, 0.6) is 0 Å². The van der Waals surface area contributed by atoms with Gasteiger partial charge in [-0.05, 0) is 54.8 Å². The zero-order valence-corrected chi connectivity index (χ0v) is 15.2. The Kier molecular flexibility index (Phi) is 4.93. The van der Waals surface area contributed by atoms with Crippen LogP contribution < -0.4 is 10.2 Å². The van der Waals surface area contributed by atoms with Gasteiger partial charge in [-0.3, -0.25) is 4.79 Å². The first-order valence-electron chi connectivity index (χ1n) is 7.64. The minimum Gasteiger partial charge on any atom is -0.371 e. The van der Waals surface area contributed by atoms with E-state index in [-0.39, 0.29) is 5.91 Å². The number of benzene rings is 2. The average molecular weight is 394 g/mol. The molecule has 1 N–H and O–H groups in total. The van der Waals surface area contributed by atoms with Gasteiger partial charge in [0.1, 0.15) is 0 Å². The highest BCUT2D eigenvalue weighted by Gasteiger charge is 2.18. The lowest BCUT2D eigenvalue weighted by molar-refractivity contribution is 0.102. The van der Waals surface area contributed by atoms with Gasteiger partial charge in [-0.25, -0.2) is 0 Å². The van der Waals surface area contributed by atoms with Crippen LogP contribution in [0.3, 0.4) is 0 Å². The minimum atomic E-state index is -0.204. The van der Waals surface area contributed by atoms with E-state index in [1.54, 1.807) is 18.2 Å². The molecule has 1 heterocycles. The maximum Gasteiger partial charge on any atom is 0.257 e. The fourth-order valence-corrected chi connectivity index (χ4v) is 3.56. The predicted molar refractivity (Wildman–Crippen MR) is 99.5 cm³/mol. The van der Waals surface area contributed by atoms with E-state index in [0.717, 1.165) is 29.2 Å². The Hall–Kier alpha value is -1.52. The van der Waals surface area contributed by atoms with Crippen molar-refractivity contribution in [2.45, 2.75) is 13.3 Å². The molecule has 1 saturated heterocycles. The van der Waals surface area contributed by atoms with Crippen LogP contribution in [-0.2, 0) is 0 Å². The van der Waals surface area contributed by atoms with Gasteiger partial charge in [0.25, 0.3) is 5.91 Å². The highest BCUT2D eigenvalue weighted by Crippen LogP contribution is 2.26. The molecule has 1 unspecified atom stereocenters. The summed E-state index contributed by atoms with van der Waals surface area (Å²) in [4.78, 5) is 14.7. The summed E-state index contributed by atoms with van der Waals surface area (Å²) in [6.07, 6.45) is 1.24. The Morgan fingerprint density at radius 2 is 2.00 bits per heavy atom. The zero-order chi connectivity index (χ0) is 16.4. The molecule has 1 amide bonds. The van der Waals surface area contributed by atoms with Crippen LogP contribution in [0.2, 0.25) is 5.02 Å². The summed E-state index contributed by atoms with van der Waals surface area (Å²) in [6.45, 7) is 4.47. The number of hydrogen-bond acceptors (Lipinski definition) is 2. The highest BCUT2D eigenvalue weighted by molar-refractivity contribution is 9.10. The van der Waals surface area contributed by atoms with Crippen molar-refractivity contribution in [3.63, 3.8) is 0 Å². The fraction of sp³-hybridized carbons (Fsp3) is 0.278. The molecule has 2 aromatic carbocycles. The summed E-state index contributed by atoms with van der Waals surface area (Å²) >= 11 is 9.45. The van der Waals surface area contributed by atoms with Crippen LogP contribution in [0.15, 0.2) is 46.9 Å². The quantitative estimate of drug-likeness (QED) is 0.777. The Morgan fingerprint density at radius 1 is 1.26 bits per heavy atom. The van der Waals surface area contributed by atoms with Crippen molar-refractivity contribution in [3.05, 3.63) is 57.5 Å². The van der Waals surface area contributed by atoms with Crippen molar-refractivity contribution < 1.29 is 4.79 Å². The normalized spacial score (nSPS) is 17.3. The molecule has 1 atom stereocenters. The van der Waals surface area contributed by atoms with Gasteiger partial charge in [-0.2, -0.15) is 0 Å². The first kappa shape index (κ1) is 16.3. The Balaban J connectivity index is 1.69. The first-order chi connectivity index (χ1) is 11.0. The van der Waals surface area contributed by atoms with Gasteiger partial charge in [0, 0.05) is 28.9 Å². The van der Waals surface area contributed by atoms with E-state index in [2.05, 4.69) is 45.2 Å². The van der Waals surface area contributed by atoms with E-state index in [4.69, 9.17) is 11.6 Å². The molecule has 3 rings (SSSR count). The second-order valence-corrected chi connectivity index (χ2v) is 7.29. The Bertz CT molecular complexity index is 717. The number of carbonyl (C=O) groups is 1. The van der Waals surface area contributed by atoms with Crippen LogP contribution in [-0.4, -0.2) is 19.0 Å². The van der Waals surface area contributed by atoms with Crippen LogP contribution in [0.25, 0.3) is 0 Å². The molecule has 1 aliphatic rings. The Morgan fingerprint density at radius 3 is 2.61 bits per heavy atom. The van der Waals surface area contributed by atoms with Crippen molar-refractivity contribution in [1.29, 1.82) is 0 Å². The molecule has 1 fully saturated rings. The largest absolute Gasteiger partial charge is 0.371 e. The highest BCUT2D eigenvalue weighted by atomic mass is 79.9. The number of carbonyl (C=O) groups excluding carboxylic acids is 1. The number of rotatable bonds is 3. The number of nitrogens with one attached hydrogen (secondary N) is 1. The van der Waals surface area contributed by atoms with Gasteiger partial charge in [-0.15, -0.1) is 0 Å². The molecule has 0 aliphatic carbocycles. The third-order valence-corrected chi connectivity index (χ3v) is 4.90. The smallest absolute Gasteiger partial charge is 0.257 e. The number of halogens is 2. The molecule has 5 heteroatoms. The van der Waals surface area contributed by atoms with Crippen molar-refractivity contribution in [3.8, 4) is 0 Å². The molecular formula is C18H18BrClN2O. The topological polar surface area (TPSA) is 32.3 Å². The summed E-state index contributed by atoms with van der Waals surface area (Å²) in [5.74, 6) is 0.541. The predicted octanol–water partition coefficient (Wildman–Crippen LogP) is 5.20. The van der Waals surface area contributed by atoms with E-state index in [9.17, 15) is 4.79 Å². The first-order valence-corrected chi connectivity index (χ1v) is 8.81. The van der Waals surface area contributed by atoms with Gasteiger partial charge >= 0.3 is 0 Å². The summed E-state index contributed by atoms with van der Waals surface area (Å²) in [5, 5.41) is 3.32. The third-order valence-electron chi connectivity index (χ3n) is 4.09. The average Bonchev–Trinajstić information content (AvgIpc) is 2.94. The summed E-state index contributed by atoms with van der Waals surface area (Å²) < 4.78 is 0.850. The van der Waals surface area contributed by atoms with Crippen molar-refractivity contribution >= 4 is 44.8 Å². The lowest BCUT2D eigenvalue weighted by Crippen LogP contribution is -2.19. The van der Waals surface area contributed by atoms with Crippen molar-refractivity contribution in [2.24, 2.45) is 5.92 Å². The molecule has 1 aliphatic heterocycles.